The lowest BCUT2D eigenvalue weighted by atomic mass is 9.97. The molecule has 33 heavy (non-hydrogen) atoms. The molecule has 4 aromatic rings. The van der Waals surface area contributed by atoms with Crippen LogP contribution in [0.25, 0.3) is 33.3 Å². The van der Waals surface area contributed by atoms with Crippen molar-refractivity contribution in [1.82, 2.24) is 15.0 Å². The summed E-state index contributed by atoms with van der Waals surface area (Å²) in [5, 5.41) is 18.0. The third-order valence-corrected chi connectivity index (χ3v) is 7.10. The molecule has 0 radical (unpaired) electrons. The van der Waals surface area contributed by atoms with Gasteiger partial charge in [-0.3, -0.25) is 4.18 Å². The number of imidazole rings is 1. The Kier molecular flexibility index (Phi) is 5.84. The number of fused-ring (bicyclic) bond motifs is 2. The van der Waals surface area contributed by atoms with Crippen LogP contribution in [0.3, 0.4) is 0 Å². The monoisotopic (exact) mass is 486 g/mol. The van der Waals surface area contributed by atoms with Crippen molar-refractivity contribution in [2.24, 2.45) is 17.0 Å². The van der Waals surface area contributed by atoms with Gasteiger partial charge in [-0.05, 0) is 41.5 Å². The molecule has 0 unspecified atom stereocenters. The van der Waals surface area contributed by atoms with E-state index in [9.17, 15) is 13.5 Å². The van der Waals surface area contributed by atoms with Crippen molar-refractivity contribution in [2.45, 2.75) is 25.4 Å². The van der Waals surface area contributed by atoms with Gasteiger partial charge in [-0.1, -0.05) is 54.1 Å². The fraction of sp³-hybridized carbons (Fsp3) is 0.304. The highest BCUT2D eigenvalue weighted by atomic mass is 35.5. The number of aromatic nitrogens is 3. The predicted molar refractivity (Wildman–Crippen MR) is 127 cm³/mol. The molecule has 1 saturated carbocycles. The second kappa shape index (κ2) is 8.66. The van der Waals surface area contributed by atoms with Crippen molar-refractivity contribution < 1.29 is 17.7 Å². The number of nitrogens with two attached hydrogens (primary N) is 1. The lowest BCUT2D eigenvalue weighted by Gasteiger charge is -2.13. The van der Waals surface area contributed by atoms with E-state index in [1.54, 1.807) is 6.20 Å². The van der Waals surface area contributed by atoms with Crippen LogP contribution in [0.15, 0.2) is 48.7 Å². The minimum Gasteiger partial charge on any atom is -0.393 e. The van der Waals surface area contributed by atoms with Crippen molar-refractivity contribution in [3.63, 3.8) is 0 Å². The minimum atomic E-state index is -4.04. The van der Waals surface area contributed by atoms with E-state index in [0.29, 0.717) is 35.8 Å². The molecule has 2 heterocycles. The number of benzene rings is 2. The van der Waals surface area contributed by atoms with E-state index in [1.165, 1.54) is 0 Å². The zero-order valence-electron chi connectivity index (χ0n) is 17.6. The first-order valence-electron chi connectivity index (χ1n) is 10.6. The Bertz CT molecular complexity index is 1430. The molecule has 10 heteroatoms. The summed E-state index contributed by atoms with van der Waals surface area (Å²) in [4.78, 5) is 12.5. The highest BCUT2D eigenvalue weighted by molar-refractivity contribution is 7.84. The molecule has 3 atom stereocenters. The molecule has 8 nitrogen and oxygen atoms in total. The average molecular weight is 487 g/mol. The van der Waals surface area contributed by atoms with E-state index < -0.39 is 16.4 Å². The summed E-state index contributed by atoms with van der Waals surface area (Å²) in [5.41, 5.74) is 3.20. The number of aliphatic hydroxyl groups is 1. The summed E-state index contributed by atoms with van der Waals surface area (Å²) < 4.78 is 26.9. The lowest BCUT2D eigenvalue weighted by Crippen LogP contribution is -2.24. The van der Waals surface area contributed by atoms with Gasteiger partial charge in [0, 0.05) is 17.7 Å². The summed E-state index contributed by atoms with van der Waals surface area (Å²) in [5.74, 6) is 0.502. The fourth-order valence-corrected chi connectivity index (χ4v) is 5.36. The van der Waals surface area contributed by atoms with E-state index in [0.717, 1.165) is 27.4 Å². The number of H-pyrrole nitrogens is 1. The van der Waals surface area contributed by atoms with Crippen LogP contribution in [0.1, 0.15) is 18.4 Å². The van der Waals surface area contributed by atoms with Crippen LogP contribution in [0.5, 0.6) is 0 Å². The summed E-state index contributed by atoms with van der Waals surface area (Å²) in [7, 11) is -4.04. The van der Waals surface area contributed by atoms with Gasteiger partial charge in [0.1, 0.15) is 5.82 Å². The molecule has 0 bridgehead atoms. The molecule has 4 N–H and O–H groups in total. The van der Waals surface area contributed by atoms with Crippen LogP contribution in [0, 0.1) is 11.8 Å². The summed E-state index contributed by atoms with van der Waals surface area (Å²) in [6.07, 6.45) is 2.64. The number of aromatic amines is 1. The van der Waals surface area contributed by atoms with Crippen LogP contribution >= 0.6 is 11.6 Å². The van der Waals surface area contributed by atoms with Gasteiger partial charge in [-0.15, -0.1) is 0 Å². The molecule has 0 spiro atoms. The quantitative estimate of drug-likeness (QED) is 0.381. The van der Waals surface area contributed by atoms with Gasteiger partial charge in [0.05, 0.1) is 23.3 Å². The Balaban J connectivity index is 1.45. The van der Waals surface area contributed by atoms with Crippen LogP contribution in [0.2, 0.25) is 5.02 Å². The molecule has 0 saturated heterocycles. The molecule has 0 amide bonds. The lowest BCUT2D eigenvalue weighted by molar-refractivity contribution is 0.100. The van der Waals surface area contributed by atoms with Crippen molar-refractivity contribution in [1.29, 1.82) is 0 Å². The first-order chi connectivity index (χ1) is 15.8. The highest BCUT2D eigenvalue weighted by Gasteiger charge is 2.34. The minimum absolute atomic E-state index is 0.0986. The van der Waals surface area contributed by atoms with Crippen LogP contribution in [-0.4, -0.2) is 41.2 Å². The molecule has 1 aliphatic carbocycles. The van der Waals surface area contributed by atoms with E-state index in [1.807, 2.05) is 24.3 Å². The van der Waals surface area contributed by atoms with Gasteiger partial charge < -0.3 is 10.1 Å². The Labute approximate surface area is 196 Å². The third-order valence-electron chi connectivity index (χ3n) is 6.31. The maximum Gasteiger partial charge on any atom is 0.333 e. The number of nitrogens with one attached hydrogen (secondary N) is 1. The van der Waals surface area contributed by atoms with Gasteiger partial charge in [-0.25, -0.2) is 15.1 Å². The second-order valence-corrected chi connectivity index (χ2v) is 10.2. The Morgan fingerprint density at radius 2 is 1.97 bits per heavy atom. The Morgan fingerprint density at radius 3 is 2.79 bits per heavy atom. The average Bonchev–Trinajstić information content (AvgIpc) is 3.36. The number of hydrogen-bond donors (Lipinski definition) is 3. The van der Waals surface area contributed by atoms with Crippen LogP contribution < -0.4 is 5.14 Å². The molecule has 0 aliphatic heterocycles. The van der Waals surface area contributed by atoms with E-state index in [-0.39, 0.29) is 18.4 Å². The molecule has 172 valence electrons. The molecular formula is C23H23ClN4O4S. The number of rotatable bonds is 6. The van der Waals surface area contributed by atoms with Crippen molar-refractivity contribution >= 4 is 43.8 Å². The predicted octanol–water partition coefficient (Wildman–Crippen LogP) is 3.58. The largest absolute Gasteiger partial charge is 0.393 e. The first-order valence-corrected chi connectivity index (χ1v) is 12.5. The van der Waals surface area contributed by atoms with Gasteiger partial charge in [0.15, 0.2) is 5.65 Å². The third kappa shape index (κ3) is 4.60. The summed E-state index contributed by atoms with van der Waals surface area (Å²) in [6, 6.07) is 14.2. The van der Waals surface area contributed by atoms with Crippen molar-refractivity contribution in [3.8, 4) is 11.4 Å². The van der Waals surface area contributed by atoms with E-state index in [4.69, 9.17) is 25.9 Å². The number of aliphatic hydroxyl groups excluding tert-OH is 1. The SMILES string of the molecule is NS(=O)(=O)OC[C@@H]1C[C@@H](Cc2c(Cl)cnc3nc(-c4cccc5ccccc45)[nH]c23)C[C@@H]1O. The molecule has 5 rings (SSSR count). The van der Waals surface area contributed by atoms with Crippen molar-refractivity contribution in [3.05, 3.63) is 59.2 Å². The highest BCUT2D eigenvalue weighted by Crippen LogP contribution is 2.37. The molecular weight excluding hydrogens is 464 g/mol. The Hall–Kier alpha value is -2.56. The maximum absolute atomic E-state index is 11.1. The number of pyridine rings is 1. The van der Waals surface area contributed by atoms with E-state index >= 15 is 0 Å². The van der Waals surface area contributed by atoms with Crippen molar-refractivity contribution in [2.75, 3.05) is 6.61 Å². The van der Waals surface area contributed by atoms with Crippen LogP contribution in [0.4, 0.5) is 0 Å². The maximum atomic E-state index is 11.1. The first kappa shape index (κ1) is 22.2. The summed E-state index contributed by atoms with van der Waals surface area (Å²) in [6.45, 7) is -0.134. The zero-order valence-corrected chi connectivity index (χ0v) is 19.2. The number of hydrogen-bond acceptors (Lipinski definition) is 6. The zero-order chi connectivity index (χ0) is 23.2. The standard InChI is InChI=1S/C23H23ClN4O4S/c24-19-11-26-23-21(18(19)9-13-8-15(20(29)10-13)12-32-33(25,30)31)27-22(28-23)17-7-3-5-14-4-1-2-6-16(14)17/h1-7,11,13,15,20,29H,8-10,12H2,(H2,25,30,31)(H,26,27,28)/t13-,15-,20-/m0/s1. The smallest absolute Gasteiger partial charge is 0.333 e. The fourth-order valence-electron chi connectivity index (χ4n) is 4.77. The summed E-state index contributed by atoms with van der Waals surface area (Å²) >= 11 is 6.53. The Morgan fingerprint density at radius 1 is 1.18 bits per heavy atom. The van der Waals surface area contributed by atoms with Gasteiger partial charge in [0.2, 0.25) is 0 Å². The van der Waals surface area contributed by atoms with Gasteiger partial charge in [0.25, 0.3) is 0 Å². The molecule has 1 aliphatic rings. The number of halogens is 1. The molecule has 1 fully saturated rings. The number of nitrogens with zero attached hydrogens (tertiary/aromatic N) is 2. The molecule has 2 aromatic heterocycles. The van der Waals surface area contributed by atoms with Crippen LogP contribution in [-0.2, 0) is 20.9 Å². The van der Waals surface area contributed by atoms with Gasteiger partial charge >= 0.3 is 10.3 Å². The molecule has 2 aromatic carbocycles. The second-order valence-electron chi connectivity index (χ2n) is 8.54. The normalized spacial score (nSPS) is 21.2. The van der Waals surface area contributed by atoms with Gasteiger partial charge in [-0.2, -0.15) is 8.42 Å². The van der Waals surface area contributed by atoms with E-state index in [2.05, 4.69) is 28.2 Å². The topological polar surface area (TPSA) is 131 Å².